The van der Waals surface area contributed by atoms with Gasteiger partial charge in [-0.15, -0.1) is 0 Å². The average Bonchev–Trinajstić information content (AvgIpc) is 3.06. The molecule has 1 atom stereocenters. The first-order valence-electron chi connectivity index (χ1n) is 14.7. The number of nitrogens with zero attached hydrogens (tertiary/aromatic N) is 3. The molecule has 0 aliphatic rings. The van der Waals surface area contributed by atoms with Gasteiger partial charge in [-0.2, -0.15) is 0 Å². The molecule has 0 heterocycles. The number of benzene rings is 4. The van der Waals surface area contributed by atoms with Gasteiger partial charge in [-0.05, 0) is 49.2 Å². The molecule has 4 aromatic carbocycles. The van der Waals surface area contributed by atoms with Crippen LogP contribution in [0.15, 0.2) is 102 Å². The molecule has 4 aromatic rings. The lowest BCUT2D eigenvalue weighted by Gasteiger charge is -2.34. The fraction of sp³-hybridized carbons (Fsp3) is 0.235. The van der Waals surface area contributed by atoms with E-state index in [-0.39, 0.29) is 35.0 Å². The first-order chi connectivity index (χ1) is 22.5. The van der Waals surface area contributed by atoms with Gasteiger partial charge in [0.25, 0.3) is 15.7 Å². The highest BCUT2D eigenvalue weighted by atomic mass is 35.5. The molecule has 0 spiro atoms. The van der Waals surface area contributed by atoms with Gasteiger partial charge in [-0.1, -0.05) is 78.3 Å². The van der Waals surface area contributed by atoms with Gasteiger partial charge in [-0.3, -0.25) is 24.0 Å². The number of likely N-dealkylation sites (N-methyl/N-ethyl adjacent to an activating group) is 1. The van der Waals surface area contributed by atoms with Crippen molar-refractivity contribution in [2.75, 3.05) is 24.5 Å². The lowest BCUT2D eigenvalue weighted by Crippen LogP contribution is -2.53. The number of aryl methyl sites for hydroxylation is 1. The smallest absolute Gasteiger partial charge is 0.273 e. The van der Waals surface area contributed by atoms with Crippen LogP contribution in [-0.4, -0.2) is 56.3 Å². The molecule has 0 fully saturated rings. The van der Waals surface area contributed by atoms with E-state index < -0.39 is 49.9 Å². The number of anilines is 1. The number of methoxy groups -OCH3 is 1. The summed E-state index contributed by atoms with van der Waals surface area (Å²) in [5, 5.41) is 14.7. The van der Waals surface area contributed by atoms with E-state index in [2.05, 4.69) is 5.32 Å². The van der Waals surface area contributed by atoms with Crippen LogP contribution in [0.4, 0.5) is 11.4 Å². The predicted molar refractivity (Wildman–Crippen MR) is 180 cm³/mol. The quantitative estimate of drug-likeness (QED) is 0.137. The third kappa shape index (κ3) is 8.46. The Bertz CT molecular complexity index is 1840. The minimum absolute atomic E-state index is 0.00905. The molecule has 0 saturated heterocycles. The van der Waals surface area contributed by atoms with Gasteiger partial charge in [-0.25, -0.2) is 8.42 Å². The SMILES string of the molecule is CCNC(=O)C(Cc1ccccc1)N(Cc1ccccc1)C(=O)CN(c1cc(Cl)ccc1OC)S(=O)(=O)c1ccc(C)c([N+](=O)[O-])c1. The highest BCUT2D eigenvalue weighted by Crippen LogP contribution is 2.36. The summed E-state index contributed by atoms with van der Waals surface area (Å²) in [6.45, 7) is 2.78. The maximum Gasteiger partial charge on any atom is 0.273 e. The minimum Gasteiger partial charge on any atom is -0.495 e. The zero-order chi connectivity index (χ0) is 34.1. The van der Waals surface area contributed by atoms with E-state index in [9.17, 15) is 28.1 Å². The van der Waals surface area contributed by atoms with E-state index in [0.29, 0.717) is 12.1 Å². The molecule has 1 N–H and O–H groups in total. The summed E-state index contributed by atoms with van der Waals surface area (Å²) in [5.74, 6) is -1.02. The standard InChI is InChI=1S/C34H35ClN4O7S/c1-4-36-34(41)31(19-25-11-7-5-8-12-25)37(22-26-13-9-6-10-14-26)33(40)23-38(30-20-27(35)16-18-32(30)46-3)47(44,45)28-17-15-24(2)29(21-28)39(42)43/h5-18,20-21,31H,4,19,22-23H2,1-3H3,(H,36,41). The minimum atomic E-state index is -4.65. The largest absolute Gasteiger partial charge is 0.495 e. The number of rotatable bonds is 14. The maximum atomic E-state index is 14.5. The Morgan fingerprint density at radius 2 is 1.60 bits per heavy atom. The number of nitro benzene ring substituents is 1. The number of amides is 2. The summed E-state index contributed by atoms with van der Waals surface area (Å²) in [5.41, 5.74) is 1.31. The van der Waals surface area contributed by atoms with Crippen molar-refractivity contribution >= 4 is 44.8 Å². The lowest BCUT2D eigenvalue weighted by atomic mass is 10.0. The van der Waals surface area contributed by atoms with Crippen LogP contribution in [0.25, 0.3) is 0 Å². The zero-order valence-corrected chi connectivity index (χ0v) is 27.7. The number of hydrogen-bond acceptors (Lipinski definition) is 7. The van der Waals surface area contributed by atoms with Crippen molar-refractivity contribution in [1.82, 2.24) is 10.2 Å². The van der Waals surface area contributed by atoms with E-state index in [0.717, 1.165) is 15.9 Å². The second-order valence-corrected chi connectivity index (χ2v) is 12.9. The number of carbonyl (C=O) groups is 2. The average molecular weight is 679 g/mol. The molecule has 0 radical (unpaired) electrons. The second-order valence-electron chi connectivity index (χ2n) is 10.6. The van der Waals surface area contributed by atoms with Gasteiger partial charge in [0.2, 0.25) is 11.8 Å². The molecule has 13 heteroatoms. The zero-order valence-electron chi connectivity index (χ0n) is 26.1. The number of carbonyl (C=O) groups excluding carboxylic acids is 2. The van der Waals surface area contributed by atoms with E-state index in [1.807, 2.05) is 36.4 Å². The van der Waals surface area contributed by atoms with E-state index in [4.69, 9.17) is 16.3 Å². The molecule has 0 aliphatic carbocycles. The summed E-state index contributed by atoms with van der Waals surface area (Å²) in [6, 6.07) is 25.0. The topological polar surface area (TPSA) is 139 Å². The molecule has 2 amide bonds. The number of halogens is 1. The van der Waals surface area contributed by atoms with Crippen LogP contribution >= 0.6 is 11.6 Å². The van der Waals surface area contributed by atoms with Gasteiger partial charge >= 0.3 is 0 Å². The van der Waals surface area contributed by atoms with Crippen molar-refractivity contribution in [3.63, 3.8) is 0 Å². The van der Waals surface area contributed by atoms with Crippen molar-refractivity contribution in [2.24, 2.45) is 0 Å². The molecular weight excluding hydrogens is 644 g/mol. The number of nitrogens with one attached hydrogen (secondary N) is 1. The predicted octanol–water partition coefficient (Wildman–Crippen LogP) is 5.54. The molecule has 4 rings (SSSR count). The molecule has 1 unspecified atom stereocenters. The Morgan fingerprint density at radius 1 is 0.957 bits per heavy atom. The fourth-order valence-corrected chi connectivity index (χ4v) is 6.67. The lowest BCUT2D eigenvalue weighted by molar-refractivity contribution is -0.385. The van der Waals surface area contributed by atoms with Crippen LogP contribution in [0, 0.1) is 17.0 Å². The first-order valence-corrected chi connectivity index (χ1v) is 16.5. The fourth-order valence-electron chi connectivity index (χ4n) is 5.07. The first kappa shape index (κ1) is 34.9. The molecule has 11 nitrogen and oxygen atoms in total. The molecule has 47 heavy (non-hydrogen) atoms. The molecule has 0 aliphatic heterocycles. The third-order valence-electron chi connectivity index (χ3n) is 7.47. The second kappa shape index (κ2) is 15.6. The summed E-state index contributed by atoms with van der Waals surface area (Å²) < 4.78 is 35.0. The highest BCUT2D eigenvalue weighted by Gasteiger charge is 2.36. The highest BCUT2D eigenvalue weighted by molar-refractivity contribution is 7.92. The summed E-state index contributed by atoms with van der Waals surface area (Å²) in [6.07, 6.45) is 0.155. The van der Waals surface area contributed by atoms with Gasteiger partial charge in [0.05, 0.1) is 22.6 Å². The third-order valence-corrected chi connectivity index (χ3v) is 9.46. The van der Waals surface area contributed by atoms with Gasteiger partial charge in [0, 0.05) is 36.2 Å². The number of ether oxygens (including phenoxy) is 1. The van der Waals surface area contributed by atoms with Crippen LogP contribution in [0.3, 0.4) is 0 Å². The van der Waals surface area contributed by atoms with Crippen molar-refractivity contribution in [2.45, 2.75) is 37.8 Å². The van der Waals surface area contributed by atoms with Crippen LogP contribution in [-0.2, 0) is 32.6 Å². The van der Waals surface area contributed by atoms with E-state index in [1.54, 1.807) is 31.2 Å². The molecule has 246 valence electrons. The van der Waals surface area contributed by atoms with Crippen molar-refractivity contribution in [3.8, 4) is 5.75 Å². The number of nitro groups is 1. The summed E-state index contributed by atoms with van der Waals surface area (Å²) in [4.78, 5) is 40.1. The Labute approximate surface area is 278 Å². The Balaban J connectivity index is 1.87. The molecule has 0 aromatic heterocycles. The van der Waals surface area contributed by atoms with Gasteiger partial charge in [0.1, 0.15) is 18.3 Å². The maximum absolute atomic E-state index is 14.5. The van der Waals surface area contributed by atoms with Gasteiger partial charge < -0.3 is 15.0 Å². The van der Waals surface area contributed by atoms with E-state index >= 15 is 0 Å². The number of sulfonamides is 1. The van der Waals surface area contributed by atoms with E-state index in [1.165, 1.54) is 49.3 Å². The Morgan fingerprint density at radius 3 is 2.19 bits per heavy atom. The normalized spacial score (nSPS) is 11.7. The number of hydrogen-bond donors (Lipinski definition) is 1. The summed E-state index contributed by atoms with van der Waals surface area (Å²) in [7, 11) is -3.31. The molecular formula is C34H35ClN4O7S. The van der Waals surface area contributed by atoms with Crippen LogP contribution in [0.1, 0.15) is 23.6 Å². The van der Waals surface area contributed by atoms with Crippen molar-refractivity contribution < 1.29 is 27.7 Å². The monoisotopic (exact) mass is 678 g/mol. The van der Waals surface area contributed by atoms with Crippen LogP contribution < -0.4 is 14.4 Å². The van der Waals surface area contributed by atoms with Crippen LogP contribution in [0.2, 0.25) is 5.02 Å². The molecule has 0 saturated carbocycles. The summed E-state index contributed by atoms with van der Waals surface area (Å²) >= 11 is 6.31. The van der Waals surface area contributed by atoms with Crippen molar-refractivity contribution in [3.05, 3.63) is 129 Å². The van der Waals surface area contributed by atoms with Crippen molar-refractivity contribution in [1.29, 1.82) is 0 Å². The Hall–Kier alpha value is -4.94. The van der Waals surface area contributed by atoms with Crippen LogP contribution in [0.5, 0.6) is 5.75 Å². The molecule has 0 bridgehead atoms. The Kier molecular flexibility index (Phi) is 11.6. The van der Waals surface area contributed by atoms with Gasteiger partial charge in [0.15, 0.2) is 0 Å².